The first-order valence-electron chi connectivity index (χ1n) is 8.41. The van der Waals surface area contributed by atoms with Gasteiger partial charge in [-0.05, 0) is 29.7 Å². The van der Waals surface area contributed by atoms with Crippen molar-refractivity contribution in [2.45, 2.75) is 19.9 Å². The lowest BCUT2D eigenvalue weighted by atomic mass is 10.1. The lowest BCUT2D eigenvalue weighted by Crippen LogP contribution is -2.28. The minimum atomic E-state index is -0.730. The molecule has 0 spiro atoms. The zero-order valence-electron chi connectivity index (χ0n) is 14.5. The zero-order valence-corrected chi connectivity index (χ0v) is 14.5. The monoisotopic (exact) mass is 348 g/mol. The van der Waals surface area contributed by atoms with Crippen LogP contribution in [0.4, 0.5) is 11.4 Å². The van der Waals surface area contributed by atoms with Crippen LogP contribution in [0.2, 0.25) is 0 Å². The van der Waals surface area contributed by atoms with Gasteiger partial charge >= 0.3 is 11.8 Å². The maximum Gasteiger partial charge on any atom is 0.314 e. The maximum atomic E-state index is 12.1. The molecule has 0 aliphatic rings. The molecule has 2 amide bonds. The van der Waals surface area contributed by atoms with Crippen molar-refractivity contribution in [1.29, 1.82) is 0 Å². The summed E-state index contributed by atoms with van der Waals surface area (Å²) in [7, 11) is 0. The van der Waals surface area contributed by atoms with E-state index in [1.165, 1.54) is 6.20 Å². The van der Waals surface area contributed by atoms with Crippen LogP contribution in [0.5, 0.6) is 0 Å². The Bertz CT molecular complexity index is 903. The number of rotatable bonds is 5. The Morgan fingerprint density at radius 2 is 1.62 bits per heavy atom. The molecule has 132 valence electrons. The number of carbonyl (C=O) groups excluding carboxylic acids is 2. The highest BCUT2D eigenvalue weighted by molar-refractivity contribution is 6.43. The fourth-order valence-electron chi connectivity index (χ4n) is 2.53. The van der Waals surface area contributed by atoms with E-state index in [-0.39, 0.29) is 0 Å². The first-order chi connectivity index (χ1) is 12.6. The van der Waals surface area contributed by atoms with E-state index in [1.807, 2.05) is 55.5 Å². The normalized spacial score (nSPS) is 10.3. The van der Waals surface area contributed by atoms with Crippen LogP contribution in [0.25, 0.3) is 0 Å². The molecule has 0 saturated heterocycles. The second-order valence-electron chi connectivity index (χ2n) is 5.87. The molecule has 1 heterocycles. The third-order valence-electron chi connectivity index (χ3n) is 3.88. The van der Waals surface area contributed by atoms with E-state index in [0.717, 1.165) is 17.5 Å². The average molecular weight is 348 g/mol. The largest absolute Gasteiger partial charge is 0.318 e. The fraction of sp³-hybridized carbons (Fsp3) is 0.150. The quantitative estimate of drug-likeness (QED) is 0.696. The number of nitrogens with one attached hydrogen (secondary N) is 2. The lowest BCUT2D eigenvalue weighted by molar-refractivity contribution is -0.132. The zero-order chi connectivity index (χ0) is 18.4. The van der Waals surface area contributed by atoms with Gasteiger partial charge in [-0.3, -0.25) is 14.3 Å². The Kier molecular flexibility index (Phi) is 5.43. The summed E-state index contributed by atoms with van der Waals surface area (Å²) in [4.78, 5) is 24.1. The molecular weight excluding hydrogens is 328 g/mol. The molecule has 0 unspecified atom stereocenters. The molecule has 2 N–H and O–H groups in total. The summed E-state index contributed by atoms with van der Waals surface area (Å²) in [5.41, 5.74) is 3.26. The molecule has 0 atom stereocenters. The molecule has 6 nitrogen and oxygen atoms in total. The molecular formula is C20H20N4O2. The summed E-state index contributed by atoms with van der Waals surface area (Å²) >= 11 is 0. The number of hydrogen-bond acceptors (Lipinski definition) is 3. The van der Waals surface area contributed by atoms with Crippen LogP contribution in [-0.4, -0.2) is 21.6 Å². The van der Waals surface area contributed by atoms with Crippen LogP contribution in [-0.2, 0) is 22.6 Å². The topological polar surface area (TPSA) is 76.0 Å². The predicted octanol–water partition coefficient (Wildman–Crippen LogP) is 3.07. The molecule has 0 radical (unpaired) electrons. The van der Waals surface area contributed by atoms with E-state index in [4.69, 9.17) is 0 Å². The first kappa shape index (κ1) is 17.4. The van der Waals surface area contributed by atoms with Gasteiger partial charge < -0.3 is 10.6 Å². The van der Waals surface area contributed by atoms with Gasteiger partial charge in [0, 0.05) is 11.9 Å². The van der Waals surface area contributed by atoms with E-state index in [0.29, 0.717) is 17.9 Å². The molecule has 3 rings (SSSR count). The van der Waals surface area contributed by atoms with Gasteiger partial charge in [-0.25, -0.2) is 0 Å². The van der Waals surface area contributed by atoms with E-state index in [1.54, 1.807) is 16.9 Å². The number of aromatic nitrogens is 2. The number of amides is 2. The molecule has 0 bridgehead atoms. The number of benzene rings is 2. The van der Waals surface area contributed by atoms with Crippen molar-refractivity contribution in [1.82, 2.24) is 9.78 Å². The standard InChI is InChI=1S/C20H20N4O2/c1-2-15-9-6-10-17(11-15)22-19(25)20(26)23-18-12-21-24(14-18)13-16-7-4-3-5-8-16/h3-12,14H,2,13H2,1H3,(H,22,25)(H,23,26). The predicted molar refractivity (Wildman–Crippen MR) is 101 cm³/mol. The molecule has 3 aromatic rings. The average Bonchev–Trinajstić information content (AvgIpc) is 3.09. The van der Waals surface area contributed by atoms with Crippen LogP contribution in [0, 0.1) is 0 Å². The van der Waals surface area contributed by atoms with Gasteiger partial charge in [-0.15, -0.1) is 0 Å². The Hall–Kier alpha value is -3.41. The van der Waals surface area contributed by atoms with Crippen molar-refractivity contribution >= 4 is 23.2 Å². The number of aryl methyl sites for hydroxylation is 1. The Morgan fingerprint density at radius 3 is 2.35 bits per heavy atom. The molecule has 1 aromatic heterocycles. The molecule has 0 aliphatic heterocycles. The van der Waals surface area contributed by atoms with Crippen LogP contribution in [0.1, 0.15) is 18.1 Å². The molecule has 26 heavy (non-hydrogen) atoms. The molecule has 2 aromatic carbocycles. The maximum absolute atomic E-state index is 12.1. The summed E-state index contributed by atoms with van der Waals surface area (Å²) in [6.45, 7) is 2.62. The highest BCUT2D eigenvalue weighted by Gasteiger charge is 2.15. The number of anilines is 2. The van der Waals surface area contributed by atoms with E-state index in [9.17, 15) is 9.59 Å². The van der Waals surface area contributed by atoms with E-state index in [2.05, 4.69) is 15.7 Å². The van der Waals surface area contributed by atoms with Gasteiger partial charge in [0.15, 0.2) is 0 Å². The molecule has 0 aliphatic carbocycles. The van der Waals surface area contributed by atoms with Crippen LogP contribution in [0.3, 0.4) is 0 Å². The van der Waals surface area contributed by atoms with E-state index >= 15 is 0 Å². The summed E-state index contributed by atoms with van der Waals surface area (Å²) in [6, 6.07) is 17.3. The van der Waals surface area contributed by atoms with Gasteiger partial charge in [-0.1, -0.05) is 49.4 Å². The van der Waals surface area contributed by atoms with Crippen molar-refractivity contribution in [3.8, 4) is 0 Å². The molecule has 0 saturated carbocycles. The van der Waals surface area contributed by atoms with Crippen molar-refractivity contribution in [2.24, 2.45) is 0 Å². The molecule has 0 fully saturated rings. The van der Waals surface area contributed by atoms with Crippen molar-refractivity contribution in [3.05, 3.63) is 78.1 Å². The van der Waals surface area contributed by atoms with Crippen LogP contribution < -0.4 is 10.6 Å². The van der Waals surface area contributed by atoms with Gasteiger partial charge in [0.05, 0.1) is 18.4 Å². The third kappa shape index (κ3) is 4.57. The van der Waals surface area contributed by atoms with E-state index < -0.39 is 11.8 Å². The van der Waals surface area contributed by atoms with Crippen molar-refractivity contribution in [3.63, 3.8) is 0 Å². The number of nitrogens with zero attached hydrogens (tertiary/aromatic N) is 2. The summed E-state index contributed by atoms with van der Waals surface area (Å²) in [5, 5.41) is 9.37. The fourth-order valence-corrected chi connectivity index (χ4v) is 2.53. The lowest BCUT2D eigenvalue weighted by Gasteiger charge is -2.06. The highest BCUT2D eigenvalue weighted by Crippen LogP contribution is 2.12. The summed E-state index contributed by atoms with van der Waals surface area (Å²) < 4.78 is 1.70. The minimum absolute atomic E-state index is 0.475. The van der Waals surface area contributed by atoms with Crippen LogP contribution in [0.15, 0.2) is 67.0 Å². The second kappa shape index (κ2) is 8.11. The second-order valence-corrected chi connectivity index (χ2v) is 5.87. The molecule has 6 heteroatoms. The van der Waals surface area contributed by atoms with Gasteiger partial charge in [0.25, 0.3) is 0 Å². The van der Waals surface area contributed by atoms with Crippen LogP contribution >= 0.6 is 0 Å². The minimum Gasteiger partial charge on any atom is -0.318 e. The van der Waals surface area contributed by atoms with Gasteiger partial charge in [-0.2, -0.15) is 5.10 Å². The SMILES string of the molecule is CCc1cccc(NC(=O)C(=O)Nc2cnn(Cc3ccccc3)c2)c1. The highest BCUT2D eigenvalue weighted by atomic mass is 16.2. The number of hydrogen-bond donors (Lipinski definition) is 2. The Morgan fingerprint density at radius 1 is 0.923 bits per heavy atom. The smallest absolute Gasteiger partial charge is 0.314 e. The van der Waals surface area contributed by atoms with Gasteiger partial charge in [0.2, 0.25) is 0 Å². The van der Waals surface area contributed by atoms with Gasteiger partial charge in [0.1, 0.15) is 0 Å². The number of carbonyl (C=O) groups is 2. The van der Waals surface area contributed by atoms with Crippen molar-refractivity contribution in [2.75, 3.05) is 10.6 Å². The van der Waals surface area contributed by atoms with Crippen molar-refractivity contribution < 1.29 is 9.59 Å². The Balaban J connectivity index is 1.58. The third-order valence-corrected chi connectivity index (χ3v) is 3.88. The summed E-state index contributed by atoms with van der Waals surface area (Å²) in [6.07, 6.45) is 4.07. The Labute approximate surface area is 151 Å². The first-order valence-corrected chi connectivity index (χ1v) is 8.41. The summed E-state index contributed by atoms with van der Waals surface area (Å²) in [5.74, 6) is -1.44.